The number of allylic oxidation sites excluding steroid dienone is 18. The highest BCUT2D eigenvalue weighted by atomic mass is 16.4. The van der Waals surface area contributed by atoms with Gasteiger partial charge in [0.15, 0.2) is 0 Å². The molecule has 0 aromatic carbocycles. The standard InChI is InChI=1S/C22H33NO.C20H28O2.C2H7N.CH4/c1-7-23-21(24)16-18(3)11-8-10-17(2)13-14-20-19(4)12-9-15-22(20,5)6;1-15(8-6-9-16(2)14-19(21)22)11-12-18-17(3)10-7-13-20(18,4)5;1-2-3;/h8,10-11,13-14,16H,7,9,12,15H2,1-6H3,(H,23,24);6,8-9,11-12,14H,7,10,13H2,1-5H3,(H,21,22);2-3H2,1H3;1H4/b11-8+,14-13+,17-10+,18-16-;9-6+,12-11+,15-8+,16-14-;;. The van der Waals surface area contributed by atoms with Crippen LogP contribution in [0.4, 0.5) is 0 Å². The van der Waals surface area contributed by atoms with Gasteiger partial charge in [0.05, 0.1) is 0 Å². The van der Waals surface area contributed by atoms with Gasteiger partial charge in [0.1, 0.15) is 0 Å². The average molecular weight is 689 g/mol. The number of carboxylic acid groups (broad SMARTS) is 1. The molecule has 0 aliphatic heterocycles. The Kier molecular flexibility index (Phi) is 24.5. The van der Waals surface area contributed by atoms with Gasteiger partial charge in [-0.05, 0) is 127 Å². The molecule has 0 unspecified atom stereocenters. The molecule has 0 aromatic rings. The van der Waals surface area contributed by atoms with Crippen molar-refractivity contribution in [3.05, 3.63) is 117 Å². The lowest BCUT2D eigenvalue weighted by Gasteiger charge is -2.33. The SMILES string of the molecule is C.CC1=C(/C=C/C(C)=C/C=C/C(C)=C\C(=O)O)C(C)(C)CCC1.CCN.CCNC(=O)\C=C(C)/C=C/C=C(C)/C=C/C1=C(C)CCCC1(C)C. The first-order valence-corrected chi connectivity index (χ1v) is 17.9. The fraction of sp³-hybridized carbons (Fsp3) is 0.511. The molecule has 1 amide bonds. The highest BCUT2D eigenvalue weighted by Crippen LogP contribution is 2.41. The van der Waals surface area contributed by atoms with E-state index in [1.165, 1.54) is 72.5 Å². The molecule has 0 fully saturated rings. The second-order valence-electron chi connectivity index (χ2n) is 14.5. The molecule has 2 rings (SSSR count). The number of hydrogen-bond donors (Lipinski definition) is 3. The van der Waals surface area contributed by atoms with Crippen molar-refractivity contribution >= 4 is 11.9 Å². The maximum Gasteiger partial charge on any atom is 0.328 e. The van der Waals surface area contributed by atoms with E-state index >= 15 is 0 Å². The van der Waals surface area contributed by atoms with Crippen LogP contribution in [0.2, 0.25) is 0 Å². The molecule has 4 N–H and O–H groups in total. The second kappa shape index (κ2) is 25.3. The highest BCUT2D eigenvalue weighted by Gasteiger charge is 2.27. The fourth-order valence-electron chi connectivity index (χ4n) is 5.99. The summed E-state index contributed by atoms with van der Waals surface area (Å²) in [6.07, 6.45) is 30.9. The summed E-state index contributed by atoms with van der Waals surface area (Å²) in [7, 11) is 0. The Morgan fingerprint density at radius 1 is 0.720 bits per heavy atom. The fourth-order valence-corrected chi connectivity index (χ4v) is 5.99. The van der Waals surface area contributed by atoms with Crippen LogP contribution in [0.5, 0.6) is 0 Å². The Morgan fingerprint density at radius 3 is 1.44 bits per heavy atom. The molecule has 50 heavy (non-hydrogen) atoms. The molecule has 0 aromatic heterocycles. The minimum Gasteiger partial charge on any atom is -0.478 e. The zero-order valence-electron chi connectivity index (χ0n) is 32.9. The quantitative estimate of drug-likeness (QED) is 0.149. The number of aliphatic carboxylic acids is 1. The van der Waals surface area contributed by atoms with Gasteiger partial charge in [0.25, 0.3) is 0 Å². The van der Waals surface area contributed by atoms with Crippen LogP contribution in [0.15, 0.2) is 117 Å². The van der Waals surface area contributed by atoms with Crippen LogP contribution >= 0.6 is 0 Å². The van der Waals surface area contributed by atoms with Crippen molar-refractivity contribution in [1.82, 2.24) is 5.32 Å². The zero-order valence-corrected chi connectivity index (χ0v) is 32.9. The van der Waals surface area contributed by atoms with Crippen molar-refractivity contribution in [3.63, 3.8) is 0 Å². The van der Waals surface area contributed by atoms with Crippen LogP contribution in [-0.4, -0.2) is 30.1 Å². The van der Waals surface area contributed by atoms with E-state index in [9.17, 15) is 9.59 Å². The summed E-state index contributed by atoms with van der Waals surface area (Å²) in [5, 5.41) is 11.4. The van der Waals surface area contributed by atoms with Gasteiger partial charge in [-0.1, -0.05) is 125 Å². The molecule has 0 bridgehead atoms. The highest BCUT2D eigenvalue weighted by molar-refractivity contribution is 5.88. The van der Waals surface area contributed by atoms with E-state index in [0.29, 0.717) is 6.54 Å². The molecule has 5 heteroatoms. The summed E-state index contributed by atoms with van der Waals surface area (Å²) in [6.45, 7) is 26.9. The summed E-state index contributed by atoms with van der Waals surface area (Å²) >= 11 is 0. The summed E-state index contributed by atoms with van der Waals surface area (Å²) in [5.41, 5.74) is 15.4. The van der Waals surface area contributed by atoms with Crippen molar-refractivity contribution in [2.45, 2.75) is 129 Å². The minimum absolute atomic E-state index is 0. The summed E-state index contributed by atoms with van der Waals surface area (Å²) < 4.78 is 0. The van der Waals surface area contributed by atoms with E-state index < -0.39 is 5.97 Å². The molecule has 280 valence electrons. The van der Waals surface area contributed by atoms with Crippen molar-refractivity contribution in [1.29, 1.82) is 0 Å². The first-order chi connectivity index (χ1) is 22.9. The van der Waals surface area contributed by atoms with E-state index in [-0.39, 0.29) is 24.2 Å². The van der Waals surface area contributed by atoms with E-state index in [2.05, 4.69) is 91.1 Å². The Hall–Kier alpha value is -3.70. The predicted molar refractivity (Wildman–Crippen MR) is 220 cm³/mol. The van der Waals surface area contributed by atoms with Crippen LogP contribution < -0.4 is 11.1 Å². The molecule has 0 saturated heterocycles. The van der Waals surface area contributed by atoms with Gasteiger partial charge in [0.2, 0.25) is 5.91 Å². The van der Waals surface area contributed by atoms with E-state index in [4.69, 9.17) is 10.8 Å². The van der Waals surface area contributed by atoms with Gasteiger partial charge in [-0.3, -0.25) is 4.79 Å². The smallest absolute Gasteiger partial charge is 0.328 e. The van der Waals surface area contributed by atoms with Gasteiger partial charge in [0, 0.05) is 18.7 Å². The number of carboxylic acids is 1. The lowest BCUT2D eigenvalue weighted by molar-refractivity contribution is -0.131. The van der Waals surface area contributed by atoms with E-state index in [1.54, 1.807) is 19.1 Å². The first-order valence-electron chi connectivity index (χ1n) is 17.9. The normalized spacial score (nSPS) is 18.6. The van der Waals surface area contributed by atoms with Crippen molar-refractivity contribution in [2.24, 2.45) is 16.6 Å². The lowest BCUT2D eigenvalue weighted by Crippen LogP contribution is -2.20. The third kappa shape index (κ3) is 20.7. The van der Waals surface area contributed by atoms with Crippen molar-refractivity contribution in [2.75, 3.05) is 13.1 Å². The van der Waals surface area contributed by atoms with E-state index in [1.807, 2.05) is 45.1 Å². The number of nitrogens with one attached hydrogen (secondary N) is 1. The third-order valence-corrected chi connectivity index (χ3v) is 8.61. The topological polar surface area (TPSA) is 92.4 Å². The summed E-state index contributed by atoms with van der Waals surface area (Å²) in [6, 6.07) is 0. The van der Waals surface area contributed by atoms with Gasteiger partial charge < -0.3 is 16.2 Å². The molecule has 0 spiro atoms. The number of hydrogen-bond acceptors (Lipinski definition) is 3. The van der Waals surface area contributed by atoms with Crippen molar-refractivity contribution < 1.29 is 14.7 Å². The molecule has 0 saturated carbocycles. The Balaban J connectivity index is 0. The van der Waals surface area contributed by atoms with Gasteiger partial charge in [-0.2, -0.15) is 0 Å². The van der Waals surface area contributed by atoms with Crippen LogP contribution in [0, 0.1) is 10.8 Å². The van der Waals surface area contributed by atoms with Crippen LogP contribution in [0.25, 0.3) is 0 Å². The Labute approximate surface area is 307 Å². The lowest BCUT2D eigenvalue weighted by atomic mass is 9.72. The monoisotopic (exact) mass is 689 g/mol. The number of carbonyl (C=O) groups is 2. The van der Waals surface area contributed by atoms with Gasteiger partial charge >= 0.3 is 5.97 Å². The summed E-state index contributed by atoms with van der Waals surface area (Å²) in [4.78, 5) is 22.0. The number of amides is 1. The maximum absolute atomic E-state index is 11.5. The number of likely N-dealkylation sites (N-methyl/N-ethyl adjacent to an activating group) is 1. The molecular weight excluding hydrogens is 617 g/mol. The molecule has 0 radical (unpaired) electrons. The third-order valence-electron chi connectivity index (χ3n) is 8.61. The first kappa shape index (κ1) is 48.4. The molecule has 5 nitrogen and oxygen atoms in total. The van der Waals surface area contributed by atoms with Gasteiger partial charge in [-0.25, -0.2) is 4.79 Å². The van der Waals surface area contributed by atoms with Gasteiger partial charge in [-0.15, -0.1) is 0 Å². The summed E-state index contributed by atoms with van der Waals surface area (Å²) in [5.74, 6) is -0.952. The molecule has 2 aliphatic carbocycles. The number of rotatable bonds is 11. The van der Waals surface area contributed by atoms with Crippen molar-refractivity contribution in [3.8, 4) is 0 Å². The molecular formula is C45H72N2O3. The average Bonchev–Trinajstić information content (AvgIpc) is 2.96. The van der Waals surface area contributed by atoms with Crippen LogP contribution in [-0.2, 0) is 9.59 Å². The second-order valence-corrected chi connectivity index (χ2v) is 14.5. The number of nitrogens with two attached hydrogens (primary N) is 1. The number of carbonyl (C=O) groups excluding carboxylic acids is 1. The Morgan fingerprint density at radius 2 is 1.10 bits per heavy atom. The predicted octanol–water partition coefficient (Wildman–Crippen LogP) is 11.9. The molecule has 0 atom stereocenters. The largest absolute Gasteiger partial charge is 0.478 e. The molecule has 0 heterocycles. The zero-order chi connectivity index (χ0) is 37.6. The van der Waals surface area contributed by atoms with E-state index in [0.717, 1.165) is 23.3 Å². The van der Waals surface area contributed by atoms with Crippen LogP contribution in [0.3, 0.4) is 0 Å². The minimum atomic E-state index is -0.912. The molecule has 2 aliphatic rings. The maximum atomic E-state index is 11.5. The Bertz CT molecular complexity index is 1400. The van der Waals surface area contributed by atoms with Crippen LogP contribution in [0.1, 0.15) is 129 Å².